The molecule has 0 aliphatic carbocycles. The van der Waals surface area contributed by atoms with Gasteiger partial charge in [-0.15, -0.1) is 0 Å². The number of nitrogens with one attached hydrogen (secondary N) is 3. The Hall–Kier alpha value is -4.64. The largest absolute Gasteiger partial charge is 0.487 e. The van der Waals surface area contributed by atoms with Crippen molar-refractivity contribution in [1.29, 1.82) is 5.41 Å². The molecule has 10 nitrogen and oxygen atoms in total. The number of amides is 1. The molecule has 8 N–H and O–H groups in total. The Kier molecular flexibility index (Phi) is 9.82. The third-order valence-corrected chi connectivity index (χ3v) is 5.48. The summed E-state index contributed by atoms with van der Waals surface area (Å²) in [6, 6.07) is 13.7. The highest BCUT2D eigenvalue weighted by molar-refractivity contribution is 6.08. The summed E-state index contributed by atoms with van der Waals surface area (Å²) in [6.07, 6.45) is 0.343. The van der Waals surface area contributed by atoms with Gasteiger partial charge in [-0.25, -0.2) is 9.18 Å². The van der Waals surface area contributed by atoms with E-state index in [1.807, 2.05) is 19.9 Å². The van der Waals surface area contributed by atoms with E-state index in [1.54, 1.807) is 30.3 Å². The minimum absolute atomic E-state index is 0.0513. The molecule has 0 atom stereocenters. The number of carbonyl (C=O) groups is 2. The molecule has 0 aromatic heterocycles. The molecule has 0 unspecified atom stereocenters. The van der Waals surface area contributed by atoms with E-state index in [0.29, 0.717) is 41.2 Å². The van der Waals surface area contributed by atoms with Crippen LogP contribution in [0.1, 0.15) is 40.9 Å². The number of carboxylic acids is 1. The van der Waals surface area contributed by atoms with Crippen molar-refractivity contribution in [2.75, 3.05) is 23.8 Å². The summed E-state index contributed by atoms with van der Waals surface area (Å²) in [6.45, 7) is 3.60. The summed E-state index contributed by atoms with van der Waals surface area (Å²) < 4.78 is 25.7. The molecule has 3 rings (SSSR count). The van der Waals surface area contributed by atoms with E-state index in [4.69, 9.17) is 26.4 Å². The minimum atomic E-state index is -1.15. The average molecular weight is 538 g/mol. The van der Waals surface area contributed by atoms with Crippen LogP contribution in [0.3, 0.4) is 0 Å². The van der Waals surface area contributed by atoms with Gasteiger partial charge in [-0.1, -0.05) is 0 Å². The first-order valence-corrected chi connectivity index (χ1v) is 12.2. The molecule has 0 heterocycles. The van der Waals surface area contributed by atoms with Gasteiger partial charge in [0.2, 0.25) is 0 Å². The van der Waals surface area contributed by atoms with Gasteiger partial charge in [0.05, 0.1) is 11.7 Å². The van der Waals surface area contributed by atoms with Gasteiger partial charge in [0, 0.05) is 29.0 Å². The number of amidine groups is 1. The molecule has 0 aliphatic heterocycles. The second kappa shape index (κ2) is 13.2. The van der Waals surface area contributed by atoms with Crippen molar-refractivity contribution >= 4 is 29.1 Å². The molecule has 3 aromatic carbocycles. The zero-order chi connectivity index (χ0) is 28.5. The molecule has 206 valence electrons. The van der Waals surface area contributed by atoms with Crippen LogP contribution in [0.25, 0.3) is 0 Å². The number of carbonyl (C=O) groups excluding carboxylic acids is 1. The van der Waals surface area contributed by atoms with Crippen LogP contribution in [0.2, 0.25) is 0 Å². The zero-order valence-electron chi connectivity index (χ0n) is 21.7. The predicted molar refractivity (Wildman–Crippen MR) is 147 cm³/mol. The van der Waals surface area contributed by atoms with Crippen molar-refractivity contribution in [1.82, 2.24) is 0 Å². The molecule has 0 radical (unpaired) electrons. The van der Waals surface area contributed by atoms with Crippen molar-refractivity contribution in [3.63, 3.8) is 0 Å². The molecule has 0 spiro atoms. The molecule has 11 heteroatoms. The van der Waals surface area contributed by atoms with Gasteiger partial charge in [-0.05, 0) is 87.0 Å². The number of anilines is 2. The topological polar surface area (TPSA) is 173 Å². The number of hydrogen-bond acceptors (Lipinski definition) is 7. The van der Waals surface area contributed by atoms with Gasteiger partial charge in [-0.3, -0.25) is 10.2 Å². The van der Waals surface area contributed by atoms with Crippen molar-refractivity contribution in [3.05, 3.63) is 82.7 Å². The van der Waals surface area contributed by atoms with Gasteiger partial charge in [0.15, 0.2) is 18.1 Å². The van der Waals surface area contributed by atoms with Crippen LogP contribution in [0.5, 0.6) is 11.5 Å². The molecular formula is C28H32FN5O5. The third kappa shape index (κ3) is 8.17. The van der Waals surface area contributed by atoms with E-state index in [1.165, 1.54) is 12.1 Å². The molecule has 1 amide bonds. The van der Waals surface area contributed by atoms with Crippen molar-refractivity contribution in [2.45, 2.75) is 32.9 Å². The van der Waals surface area contributed by atoms with Crippen molar-refractivity contribution in [2.24, 2.45) is 11.5 Å². The highest BCUT2D eigenvalue weighted by atomic mass is 19.1. The lowest BCUT2D eigenvalue weighted by molar-refractivity contribution is -0.139. The summed E-state index contributed by atoms with van der Waals surface area (Å²) in [4.78, 5) is 24.3. The number of nitrogen functional groups attached to an aromatic ring is 1. The molecule has 3 aromatic rings. The van der Waals surface area contributed by atoms with Gasteiger partial charge in [-0.2, -0.15) is 0 Å². The second-order valence-corrected chi connectivity index (χ2v) is 8.96. The predicted octanol–water partition coefficient (Wildman–Crippen LogP) is 3.73. The first-order chi connectivity index (χ1) is 18.6. The lowest BCUT2D eigenvalue weighted by atomic mass is 10.0. The molecule has 0 bridgehead atoms. The lowest BCUT2D eigenvalue weighted by Crippen LogP contribution is -2.17. The fourth-order valence-corrected chi connectivity index (χ4v) is 3.79. The first-order valence-electron chi connectivity index (χ1n) is 12.2. The number of ether oxygens (including phenoxy) is 2. The Morgan fingerprint density at radius 3 is 2.44 bits per heavy atom. The minimum Gasteiger partial charge on any atom is -0.487 e. The van der Waals surface area contributed by atoms with Crippen LogP contribution in [0.4, 0.5) is 15.8 Å². The lowest BCUT2D eigenvalue weighted by Gasteiger charge is -2.20. The number of carboxylic acid groups (broad SMARTS) is 1. The van der Waals surface area contributed by atoms with Gasteiger partial charge in [0.25, 0.3) is 5.91 Å². The van der Waals surface area contributed by atoms with Crippen molar-refractivity contribution < 1.29 is 28.6 Å². The SMILES string of the molecule is CC(C)Oc1cc(CCN)cc(CNc2ccc(F)cc2C(=O)Nc2ccc(C(=N)N)cc2)c1OCC(=O)O. The quantitative estimate of drug-likeness (QED) is 0.141. The van der Waals surface area contributed by atoms with Crippen LogP contribution >= 0.6 is 0 Å². The Morgan fingerprint density at radius 2 is 1.82 bits per heavy atom. The van der Waals surface area contributed by atoms with E-state index in [2.05, 4.69) is 10.6 Å². The monoisotopic (exact) mass is 537 g/mol. The van der Waals surface area contributed by atoms with Gasteiger partial charge in [0.1, 0.15) is 11.7 Å². The Balaban J connectivity index is 1.91. The van der Waals surface area contributed by atoms with Crippen LogP contribution in [0.15, 0.2) is 54.6 Å². The highest BCUT2D eigenvalue weighted by Gasteiger charge is 2.18. The smallest absolute Gasteiger partial charge is 0.341 e. The van der Waals surface area contributed by atoms with Gasteiger partial charge < -0.3 is 36.7 Å². The van der Waals surface area contributed by atoms with Crippen LogP contribution in [-0.2, 0) is 17.8 Å². The molecule has 39 heavy (non-hydrogen) atoms. The Bertz CT molecular complexity index is 1340. The summed E-state index contributed by atoms with van der Waals surface area (Å²) >= 11 is 0. The van der Waals surface area contributed by atoms with Crippen LogP contribution in [-0.4, -0.2) is 42.1 Å². The normalized spacial score (nSPS) is 10.7. The van der Waals surface area contributed by atoms with E-state index >= 15 is 0 Å². The number of benzene rings is 3. The highest BCUT2D eigenvalue weighted by Crippen LogP contribution is 2.35. The average Bonchev–Trinajstić information content (AvgIpc) is 2.87. The molecule has 0 saturated heterocycles. The number of nitrogens with two attached hydrogens (primary N) is 2. The second-order valence-electron chi connectivity index (χ2n) is 8.96. The standard InChI is InChI=1S/C28H32FN5O5/c1-16(2)39-24-12-17(9-10-30)11-19(26(24)38-15-25(35)36)14-33-23-8-5-20(29)13-22(23)28(37)34-21-6-3-18(4-7-21)27(31)32/h3-8,11-13,16,33H,9-10,14-15,30H2,1-2H3,(H3,31,32)(H,34,37)(H,35,36). The summed E-state index contributed by atoms with van der Waals surface area (Å²) in [7, 11) is 0. The summed E-state index contributed by atoms with van der Waals surface area (Å²) in [5.74, 6) is -1.78. The molecule has 0 aliphatic rings. The number of rotatable bonds is 13. The molecule has 0 fully saturated rings. The molecule has 0 saturated carbocycles. The van der Waals surface area contributed by atoms with E-state index < -0.39 is 24.3 Å². The number of halogens is 1. The zero-order valence-corrected chi connectivity index (χ0v) is 21.7. The van der Waals surface area contributed by atoms with E-state index in [0.717, 1.165) is 11.6 Å². The number of aliphatic carboxylic acids is 1. The fourth-order valence-electron chi connectivity index (χ4n) is 3.79. The maximum atomic E-state index is 14.2. The number of hydrogen-bond donors (Lipinski definition) is 6. The van der Waals surface area contributed by atoms with Crippen LogP contribution < -0.4 is 31.6 Å². The third-order valence-electron chi connectivity index (χ3n) is 5.48. The molecular weight excluding hydrogens is 505 g/mol. The van der Waals surface area contributed by atoms with Crippen molar-refractivity contribution in [3.8, 4) is 11.5 Å². The van der Waals surface area contributed by atoms with E-state index in [-0.39, 0.29) is 29.8 Å². The summed E-state index contributed by atoms with van der Waals surface area (Å²) in [5, 5.41) is 22.5. The maximum Gasteiger partial charge on any atom is 0.341 e. The maximum absolute atomic E-state index is 14.2. The Labute approximate surface area is 225 Å². The van der Waals surface area contributed by atoms with E-state index in [9.17, 15) is 19.1 Å². The fraction of sp³-hybridized carbons (Fsp3) is 0.250. The Morgan fingerprint density at radius 1 is 1.10 bits per heavy atom. The van der Waals surface area contributed by atoms with Gasteiger partial charge >= 0.3 is 5.97 Å². The summed E-state index contributed by atoms with van der Waals surface area (Å²) in [5.41, 5.74) is 14.0. The first kappa shape index (κ1) is 28.9. The van der Waals surface area contributed by atoms with Crippen LogP contribution in [0, 0.1) is 11.2 Å².